The number of amides is 2. The summed E-state index contributed by atoms with van der Waals surface area (Å²) < 4.78 is 0. The van der Waals surface area contributed by atoms with Crippen molar-refractivity contribution in [3.63, 3.8) is 0 Å². The molecule has 2 heterocycles. The van der Waals surface area contributed by atoms with Crippen LogP contribution in [0.4, 0.5) is 5.69 Å². The minimum absolute atomic E-state index is 0.0725. The number of thiophene rings is 1. The van der Waals surface area contributed by atoms with E-state index in [1.54, 1.807) is 29.2 Å². The van der Waals surface area contributed by atoms with Crippen LogP contribution < -0.4 is 5.32 Å². The number of nitrogens with one attached hydrogen (secondary N) is 1. The van der Waals surface area contributed by atoms with Crippen molar-refractivity contribution < 1.29 is 9.59 Å². The van der Waals surface area contributed by atoms with E-state index >= 15 is 0 Å². The Balaban J connectivity index is 1.48. The molecule has 0 bridgehead atoms. The van der Waals surface area contributed by atoms with E-state index in [-0.39, 0.29) is 11.8 Å². The number of anilines is 1. The maximum atomic E-state index is 13.0. The molecule has 4 rings (SSSR count). The van der Waals surface area contributed by atoms with Crippen molar-refractivity contribution in [2.24, 2.45) is 0 Å². The van der Waals surface area contributed by atoms with Gasteiger partial charge in [0.15, 0.2) is 0 Å². The average Bonchev–Trinajstić information content (AvgIpc) is 3.31. The van der Waals surface area contributed by atoms with Crippen LogP contribution >= 0.6 is 22.9 Å². The van der Waals surface area contributed by atoms with Crippen LogP contribution in [0.2, 0.25) is 5.02 Å². The van der Waals surface area contributed by atoms with Gasteiger partial charge in [0.1, 0.15) is 0 Å². The second-order valence-electron chi connectivity index (χ2n) is 6.72. The smallest absolute Gasteiger partial charge is 0.265 e. The first-order chi connectivity index (χ1) is 14.1. The van der Waals surface area contributed by atoms with E-state index in [9.17, 15) is 9.59 Å². The highest BCUT2D eigenvalue weighted by molar-refractivity contribution is 7.12. The number of carbonyl (C=O) groups excluding carboxylic acids is 2. The van der Waals surface area contributed by atoms with Gasteiger partial charge in [0.25, 0.3) is 11.8 Å². The van der Waals surface area contributed by atoms with Gasteiger partial charge in [-0.15, -0.1) is 11.3 Å². The van der Waals surface area contributed by atoms with Crippen molar-refractivity contribution in [1.82, 2.24) is 4.90 Å². The minimum atomic E-state index is -0.236. The van der Waals surface area contributed by atoms with E-state index in [2.05, 4.69) is 23.5 Å². The molecule has 2 amide bonds. The van der Waals surface area contributed by atoms with E-state index in [4.69, 9.17) is 11.6 Å². The highest BCUT2D eigenvalue weighted by Crippen LogP contribution is 2.27. The van der Waals surface area contributed by atoms with Crippen LogP contribution in [0.25, 0.3) is 5.57 Å². The summed E-state index contributed by atoms with van der Waals surface area (Å²) in [6.45, 7) is 1.21. The van der Waals surface area contributed by atoms with Gasteiger partial charge in [-0.25, -0.2) is 0 Å². The lowest BCUT2D eigenvalue weighted by Gasteiger charge is -2.27. The van der Waals surface area contributed by atoms with Gasteiger partial charge in [0.2, 0.25) is 0 Å². The second-order valence-corrected chi connectivity index (χ2v) is 8.08. The third-order valence-corrected chi connectivity index (χ3v) is 6.05. The van der Waals surface area contributed by atoms with Gasteiger partial charge in [0.05, 0.1) is 15.6 Å². The maximum Gasteiger partial charge on any atom is 0.265 e. The molecule has 0 spiro atoms. The topological polar surface area (TPSA) is 49.4 Å². The number of benzene rings is 2. The van der Waals surface area contributed by atoms with Gasteiger partial charge in [-0.1, -0.05) is 54.1 Å². The molecular weight excluding hydrogens is 404 g/mol. The fourth-order valence-electron chi connectivity index (χ4n) is 3.30. The molecule has 0 saturated carbocycles. The number of hydrogen-bond acceptors (Lipinski definition) is 3. The first-order valence-electron chi connectivity index (χ1n) is 9.30. The number of carbonyl (C=O) groups is 2. The van der Waals surface area contributed by atoms with Crippen molar-refractivity contribution >= 4 is 46.0 Å². The van der Waals surface area contributed by atoms with Crippen molar-refractivity contribution in [2.75, 3.05) is 18.4 Å². The Bertz CT molecular complexity index is 1060. The Hall–Kier alpha value is -2.89. The van der Waals surface area contributed by atoms with E-state index in [1.807, 2.05) is 29.6 Å². The highest BCUT2D eigenvalue weighted by atomic mass is 35.5. The van der Waals surface area contributed by atoms with Crippen LogP contribution in [-0.4, -0.2) is 29.8 Å². The van der Waals surface area contributed by atoms with Crippen LogP contribution in [0.5, 0.6) is 0 Å². The first-order valence-corrected chi connectivity index (χ1v) is 10.6. The lowest BCUT2D eigenvalue weighted by atomic mass is 9.99. The summed E-state index contributed by atoms with van der Waals surface area (Å²) in [5.41, 5.74) is 3.40. The standard InChI is InChI=1S/C23H19ClN2O2S/c24-19-9-8-18(15-20(19)25-22(27)21-7-4-14-29-21)23(28)26-12-10-17(11-13-26)16-5-2-1-3-6-16/h1-10,14-15H,11-13H2,(H,25,27). The van der Waals surface area contributed by atoms with Crippen molar-refractivity contribution in [3.05, 3.63) is 93.1 Å². The lowest BCUT2D eigenvalue weighted by Crippen LogP contribution is -2.34. The summed E-state index contributed by atoms with van der Waals surface area (Å²) >= 11 is 7.58. The lowest BCUT2D eigenvalue weighted by molar-refractivity contribution is 0.0772. The molecule has 0 aliphatic carbocycles. The molecule has 0 unspecified atom stereocenters. The van der Waals surface area contributed by atoms with Crippen LogP contribution in [0.1, 0.15) is 32.0 Å². The van der Waals surface area contributed by atoms with Gasteiger partial charge >= 0.3 is 0 Å². The molecular formula is C23H19ClN2O2S. The third kappa shape index (κ3) is 4.42. The predicted octanol–water partition coefficient (Wildman–Crippen LogP) is 5.58. The molecule has 1 aliphatic heterocycles. The summed E-state index contributed by atoms with van der Waals surface area (Å²) in [5, 5.41) is 5.03. The summed E-state index contributed by atoms with van der Waals surface area (Å²) in [6.07, 6.45) is 2.91. The zero-order chi connectivity index (χ0) is 20.2. The Morgan fingerprint density at radius 1 is 1.03 bits per heavy atom. The molecule has 2 aromatic carbocycles. The number of hydrogen-bond donors (Lipinski definition) is 1. The van der Waals surface area contributed by atoms with E-state index < -0.39 is 0 Å². The van der Waals surface area contributed by atoms with Crippen molar-refractivity contribution in [1.29, 1.82) is 0 Å². The van der Waals surface area contributed by atoms with E-state index in [1.165, 1.54) is 22.5 Å². The Kier molecular flexibility index (Phi) is 5.79. The normalized spacial score (nSPS) is 13.7. The van der Waals surface area contributed by atoms with Crippen LogP contribution in [0.3, 0.4) is 0 Å². The van der Waals surface area contributed by atoms with Crippen molar-refractivity contribution in [3.8, 4) is 0 Å². The molecule has 0 atom stereocenters. The summed E-state index contributed by atoms with van der Waals surface area (Å²) in [4.78, 5) is 27.7. The molecule has 0 fully saturated rings. The molecule has 4 nitrogen and oxygen atoms in total. The monoisotopic (exact) mass is 422 g/mol. The van der Waals surface area contributed by atoms with Gasteiger partial charge in [-0.2, -0.15) is 0 Å². The molecule has 1 aromatic heterocycles. The van der Waals surface area contributed by atoms with Gasteiger partial charge in [-0.05, 0) is 47.2 Å². The minimum Gasteiger partial charge on any atom is -0.335 e. The largest absolute Gasteiger partial charge is 0.335 e. The first kappa shape index (κ1) is 19.4. The number of nitrogens with zero attached hydrogens (tertiary/aromatic N) is 1. The quantitative estimate of drug-likeness (QED) is 0.596. The molecule has 1 aliphatic rings. The Morgan fingerprint density at radius 3 is 2.55 bits per heavy atom. The van der Waals surface area contributed by atoms with E-state index in [0.29, 0.717) is 34.2 Å². The summed E-state index contributed by atoms with van der Waals surface area (Å²) in [7, 11) is 0. The molecule has 29 heavy (non-hydrogen) atoms. The molecule has 0 radical (unpaired) electrons. The van der Waals surface area contributed by atoms with E-state index in [0.717, 1.165) is 6.42 Å². The highest BCUT2D eigenvalue weighted by Gasteiger charge is 2.20. The molecule has 6 heteroatoms. The number of halogens is 1. The Labute approximate surface area is 178 Å². The SMILES string of the molecule is O=C(Nc1cc(C(=O)N2CC=C(c3ccccc3)CC2)ccc1Cl)c1cccs1. The molecule has 1 N–H and O–H groups in total. The zero-order valence-electron chi connectivity index (χ0n) is 15.6. The van der Waals surface area contributed by atoms with Crippen molar-refractivity contribution in [2.45, 2.75) is 6.42 Å². The fourth-order valence-corrected chi connectivity index (χ4v) is 4.08. The molecule has 0 saturated heterocycles. The van der Waals surface area contributed by atoms with Crippen LogP contribution in [-0.2, 0) is 0 Å². The molecule has 146 valence electrons. The van der Waals surface area contributed by atoms with Gasteiger partial charge in [0, 0.05) is 18.7 Å². The third-order valence-electron chi connectivity index (χ3n) is 4.85. The Morgan fingerprint density at radius 2 is 1.86 bits per heavy atom. The fraction of sp³-hybridized carbons (Fsp3) is 0.130. The molecule has 3 aromatic rings. The summed E-state index contributed by atoms with van der Waals surface area (Å²) in [5.74, 6) is -0.309. The van der Waals surface area contributed by atoms with Crippen LogP contribution in [0, 0.1) is 0 Å². The second kappa shape index (κ2) is 8.64. The summed E-state index contributed by atoms with van der Waals surface area (Å²) in [6, 6.07) is 18.8. The van der Waals surface area contributed by atoms with Gasteiger partial charge in [-0.3, -0.25) is 9.59 Å². The predicted molar refractivity (Wildman–Crippen MR) is 119 cm³/mol. The zero-order valence-corrected chi connectivity index (χ0v) is 17.2. The maximum absolute atomic E-state index is 13.0. The average molecular weight is 423 g/mol. The number of rotatable bonds is 4. The van der Waals surface area contributed by atoms with Crippen LogP contribution in [0.15, 0.2) is 72.1 Å². The van der Waals surface area contributed by atoms with Gasteiger partial charge < -0.3 is 10.2 Å².